The van der Waals surface area contributed by atoms with Gasteiger partial charge in [-0.15, -0.1) is 0 Å². The largest absolute Gasteiger partial charge is 0.455 e. The van der Waals surface area contributed by atoms with Crippen molar-refractivity contribution < 1.29 is 19.0 Å². The topological polar surface area (TPSA) is 68.8 Å². The average Bonchev–Trinajstić information content (AvgIpc) is 3.17. The lowest BCUT2D eigenvalue weighted by atomic mass is 10.2. The number of carbonyl (C=O) groups is 1. The summed E-state index contributed by atoms with van der Waals surface area (Å²) in [6, 6.07) is 22.2. The molecule has 0 bridgehead atoms. The maximum atomic E-state index is 12.3. The van der Waals surface area contributed by atoms with E-state index in [1.807, 2.05) is 66.7 Å². The minimum atomic E-state index is -0.184. The fraction of sp³-hybridized carbons (Fsp3) is 0.0952. The molecular formula is C21H18N2O4. The number of anilines is 2. The molecule has 2 N–H and O–H groups in total. The third-order valence-corrected chi connectivity index (χ3v) is 3.96. The molecule has 6 heteroatoms. The molecule has 1 heterocycles. The first kappa shape index (κ1) is 16.8. The molecule has 1 aliphatic rings. The molecule has 27 heavy (non-hydrogen) atoms. The maximum Gasteiger partial charge on any atom is 0.243 e. The van der Waals surface area contributed by atoms with Gasteiger partial charge in [-0.25, -0.2) is 0 Å². The Balaban J connectivity index is 1.38. The lowest BCUT2D eigenvalue weighted by Gasteiger charge is -2.13. The molecule has 3 aromatic carbocycles. The van der Waals surface area contributed by atoms with Gasteiger partial charge in [0, 0.05) is 11.8 Å². The van der Waals surface area contributed by atoms with Crippen LogP contribution in [0.5, 0.6) is 23.0 Å². The van der Waals surface area contributed by atoms with Crippen molar-refractivity contribution in [1.82, 2.24) is 0 Å². The van der Waals surface area contributed by atoms with E-state index in [2.05, 4.69) is 10.6 Å². The van der Waals surface area contributed by atoms with Crippen LogP contribution in [0.25, 0.3) is 0 Å². The molecule has 4 rings (SSSR count). The van der Waals surface area contributed by atoms with Crippen molar-refractivity contribution in [1.29, 1.82) is 0 Å². The highest BCUT2D eigenvalue weighted by Crippen LogP contribution is 2.34. The van der Waals surface area contributed by atoms with Gasteiger partial charge < -0.3 is 24.8 Å². The molecule has 3 aromatic rings. The summed E-state index contributed by atoms with van der Waals surface area (Å²) in [4.78, 5) is 12.3. The van der Waals surface area contributed by atoms with Gasteiger partial charge in [0.25, 0.3) is 0 Å². The Morgan fingerprint density at radius 1 is 0.926 bits per heavy atom. The SMILES string of the molecule is O=C(CNc1ccc2c(c1)OCO2)Nc1ccccc1Oc1ccccc1. The molecule has 0 saturated heterocycles. The molecule has 0 spiro atoms. The third-order valence-electron chi connectivity index (χ3n) is 3.96. The van der Waals surface area contributed by atoms with Crippen LogP contribution in [0.3, 0.4) is 0 Å². The van der Waals surface area contributed by atoms with Crippen molar-refractivity contribution >= 4 is 17.3 Å². The van der Waals surface area contributed by atoms with Gasteiger partial charge in [-0.3, -0.25) is 4.79 Å². The molecule has 0 aromatic heterocycles. The number of amides is 1. The van der Waals surface area contributed by atoms with Crippen molar-refractivity contribution in [3.8, 4) is 23.0 Å². The number of benzene rings is 3. The van der Waals surface area contributed by atoms with Crippen molar-refractivity contribution in [3.63, 3.8) is 0 Å². The van der Waals surface area contributed by atoms with Gasteiger partial charge in [-0.2, -0.15) is 0 Å². The van der Waals surface area contributed by atoms with Crippen LogP contribution in [-0.4, -0.2) is 19.2 Å². The zero-order chi connectivity index (χ0) is 18.5. The van der Waals surface area contributed by atoms with E-state index in [1.165, 1.54) is 0 Å². The molecule has 0 fully saturated rings. The highest BCUT2D eigenvalue weighted by Gasteiger charge is 2.14. The number of hydrogen-bond donors (Lipinski definition) is 2. The van der Waals surface area contributed by atoms with Crippen LogP contribution in [0.4, 0.5) is 11.4 Å². The summed E-state index contributed by atoms with van der Waals surface area (Å²) < 4.78 is 16.5. The quantitative estimate of drug-likeness (QED) is 0.686. The summed E-state index contributed by atoms with van der Waals surface area (Å²) in [5.41, 5.74) is 1.39. The van der Waals surface area contributed by atoms with Crippen molar-refractivity contribution in [2.75, 3.05) is 24.0 Å². The number of nitrogens with one attached hydrogen (secondary N) is 2. The average molecular weight is 362 g/mol. The number of fused-ring (bicyclic) bond motifs is 1. The van der Waals surface area contributed by atoms with Gasteiger partial charge in [-0.05, 0) is 36.4 Å². The molecule has 136 valence electrons. The Bertz CT molecular complexity index is 944. The summed E-state index contributed by atoms with van der Waals surface area (Å²) in [6.07, 6.45) is 0. The first-order chi connectivity index (χ1) is 13.3. The molecule has 0 unspecified atom stereocenters. The van der Waals surface area contributed by atoms with E-state index in [1.54, 1.807) is 6.07 Å². The summed E-state index contributed by atoms with van der Waals surface area (Å²) in [5.74, 6) is 2.48. The number of carbonyl (C=O) groups excluding carboxylic acids is 1. The smallest absolute Gasteiger partial charge is 0.243 e. The monoisotopic (exact) mass is 362 g/mol. The van der Waals surface area contributed by atoms with E-state index in [9.17, 15) is 4.79 Å². The molecule has 1 amide bonds. The first-order valence-electron chi connectivity index (χ1n) is 8.53. The van der Waals surface area contributed by atoms with Gasteiger partial charge in [0.05, 0.1) is 12.2 Å². The van der Waals surface area contributed by atoms with Crippen LogP contribution in [0.1, 0.15) is 0 Å². The lowest BCUT2D eigenvalue weighted by Crippen LogP contribution is -2.22. The zero-order valence-electron chi connectivity index (χ0n) is 14.5. The van der Waals surface area contributed by atoms with Crippen LogP contribution in [0.2, 0.25) is 0 Å². The Morgan fingerprint density at radius 3 is 2.59 bits per heavy atom. The fourth-order valence-electron chi connectivity index (χ4n) is 2.66. The Labute approximate surface area is 156 Å². The molecule has 0 atom stereocenters. The molecule has 0 aliphatic carbocycles. The van der Waals surface area contributed by atoms with Gasteiger partial charge >= 0.3 is 0 Å². The summed E-state index contributed by atoms with van der Waals surface area (Å²) in [7, 11) is 0. The third kappa shape index (κ3) is 4.12. The number of ether oxygens (including phenoxy) is 3. The van der Waals surface area contributed by atoms with Gasteiger partial charge in [0.15, 0.2) is 17.2 Å². The van der Waals surface area contributed by atoms with E-state index in [0.29, 0.717) is 28.7 Å². The van der Waals surface area contributed by atoms with Gasteiger partial charge in [0.2, 0.25) is 12.7 Å². The van der Waals surface area contributed by atoms with Crippen LogP contribution in [0, 0.1) is 0 Å². The predicted molar refractivity (Wildman–Crippen MR) is 103 cm³/mol. The molecule has 6 nitrogen and oxygen atoms in total. The van der Waals surface area contributed by atoms with Crippen LogP contribution < -0.4 is 24.8 Å². The van der Waals surface area contributed by atoms with Crippen molar-refractivity contribution in [3.05, 3.63) is 72.8 Å². The van der Waals surface area contributed by atoms with E-state index < -0.39 is 0 Å². The molecule has 0 saturated carbocycles. The summed E-state index contributed by atoms with van der Waals surface area (Å²) in [5, 5.41) is 5.95. The van der Waals surface area contributed by atoms with Crippen LogP contribution in [0.15, 0.2) is 72.8 Å². The normalized spacial score (nSPS) is 11.7. The predicted octanol–water partition coefficient (Wildman–Crippen LogP) is 4.26. The first-order valence-corrected chi connectivity index (χ1v) is 8.53. The minimum Gasteiger partial charge on any atom is -0.455 e. The van der Waals surface area contributed by atoms with E-state index in [-0.39, 0.29) is 19.2 Å². The number of rotatable bonds is 6. The molecule has 0 radical (unpaired) electrons. The molecular weight excluding hydrogens is 344 g/mol. The maximum absolute atomic E-state index is 12.3. The van der Waals surface area contributed by atoms with E-state index in [0.717, 1.165) is 5.69 Å². The van der Waals surface area contributed by atoms with Gasteiger partial charge in [-0.1, -0.05) is 30.3 Å². The zero-order valence-corrected chi connectivity index (χ0v) is 14.5. The van der Waals surface area contributed by atoms with Crippen molar-refractivity contribution in [2.45, 2.75) is 0 Å². The minimum absolute atomic E-state index is 0.110. The Kier molecular flexibility index (Phi) is 4.78. The lowest BCUT2D eigenvalue weighted by molar-refractivity contribution is -0.114. The second-order valence-electron chi connectivity index (χ2n) is 5.88. The second-order valence-corrected chi connectivity index (χ2v) is 5.88. The van der Waals surface area contributed by atoms with E-state index >= 15 is 0 Å². The van der Waals surface area contributed by atoms with Crippen molar-refractivity contribution in [2.24, 2.45) is 0 Å². The van der Waals surface area contributed by atoms with Crippen LogP contribution >= 0.6 is 0 Å². The molecule has 1 aliphatic heterocycles. The Morgan fingerprint density at radius 2 is 1.70 bits per heavy atom. The Hall–Kier alpha value is -3.67. The highest BCUT2D eigenvalue weighted by molar-refractivity contribution is 5.95. The van der Waals surface area contributed by atoms with Gasteiger partial charge in [0.1, 0.15) is 5.75 Å². The fourth-order valence-corrected chi connectivity index (χ4v) is 2.66. The highest BCUT2D eigenvalue weighted by atomic mass is 16.7. The van der Waals surface area contributed by atoms with Crippen LogP contribution in [-0.2, 0) is 4.79 Å². The number of para-hydroxylation sites is 3. The second kappa shape index (κ2) is 7.70. The summed E-state index contributed by atoms with van der Waals surface area (Å²) in [6.45, 7) is 0.330. The standard InChI is InChI=1S/C21H18N2O4/c24-21(13-22-15-10-11-19-20(12-15)26-14-25-19)23-17-8-4-5-9-18(17)27-16-6-2-1-3-7-16/h1-12,22H,13-14H2,(H,23,24). The van der Waals surface area contributed by atoms with E-state index in [4.69, 9.17) is 14.2 Å². The number of hydrogen-bond acceptors (Lipinski definition) is 5. The summed E-state index contributed by atoms with van der Waals surface area (Å²) >= 11 is 0.